The number of methoxy groups -OCH3 is 1. The van der Waals surface area contributed by atoms with E-state index in [2.05, 4.69) is 28.5 Å². The van der Waals surface area contributed by atoms with Crippen LogP contribution < -0.4 is 5.32 Å². The average molecular weight is 328 g/mol. The molecule has 3 rings (SSSR count). The van der Waals surface area contributed by atoms with Crippen LogP contribution in [-0.2, 0) is 20.8 Å². The van der Waals surface area contributed by atoms with E-state index in [0.717, 1.165) is 36.0 Å². The summed E-state index contributed by atoms with van der Waals surface area (Å²) in [5, 5.41) is 4.67. The molecule has 0 aliphatic carbocycles. The topological polar surface area (TPSA) is 60.5 Å². The molecule has 0 bridgehead atoms. The van der Waals surface area contributed by atoms with Crippen molar-refractivity contribution in [3.63, 3.8) is 0 Å². The number of aryl methyl sites for hydroxylation is 1. The van der Waals surface area contributed by atoms with E-state index in [1.807, 2.05) is 19.1 Å². The number of carbonyl (C=O) groups excluding carboxylic acids is 1. The Morgan fingerprint density at radius 3 is 3.00 bits per heavy atom. The summed E-state index contributed by atoms with van der Waals surface area (Å²) in [5.41, 5.74) is 2.85. The van der Waals surface area contributed by atoms with Gasteiger partial charge in [0.25, 0.3) is 0 Å². The minimum atomic E-state index is -0.341. The highest BCUT2D eigenvalue weighted by molar-refractivity contribution is 5.79. The van der Waals surface area contributed by atoms with E-state index in [1.54, 1.807) is 0 Å². The zero-order valence-electron chi connectivity index (χ0n) is 14.3. The Labute approximate surface area is 142 Å². The first kappa shape index (κ1) is 16.9. The number of benzene rings is 1. The largest absolute Gasteiger partial charge is 0.469 e. The van der Waals surface area contributed by atoms with Crippen LogP contribution in [0.2, 0.25) is 0 Å². The van der Waals surface area contributed by atoms with Crippen LogP contribution in [0.3, 0.4) is 0 Å². The third-order valence-corrected chi connectivity index (χ3v) is 4.59. The highest BCUT2D eigenvalue weighted by Gasteiger charge is 2.35. The van der Waals surface area contributed by atoms with Crippen LogP contribution in [0.25, 0.3) is 10.9 Å². The molecule has 0 amide bonds. The molecule has 1 N–H and O–H groups in total. The van der Waals surface area contributed by atoms with Gasteiger partial charge in [-0.25, -0.2) is 0 Å². The molecule has 0 radical (unpaired) electrons. The van der Waals surface area contributed by atoms with Crippen molar-refractivity contribution in [1.82, 2.24) is 10.3 Å². The van der Waals surface area contributed by atoms with Gasteiger partial charge in [-0.05, 0) is 43.5 Å². The molecule has 5 heteroatoms. The lowest BCUT2D eigenvalue weighted by molar-refractivity contribution is -0.144. The molecule has 2 aromatic rings. The first-order valence-corrected chi connectivity index (χ1v) is 8.36. The number of hydrogen-bond donors (Lipinski definition) is 1. The van der Waals surface area contributed by atoms with Crippen LogP contribution in [0, 0.1) is 6.92 Å². The zero-order valence-corrected chi connectivity index (χ0v) is 14.3. The molecule has 0 spiro atoms. The van der Waals surface area contributed by atoms with Gasteiger partial charge in [-0.1, -0.05) is 12.1 Å². The number of aromatic nitrogens is 1. The first-order valence-electron chi connectivity index (χ1n) is 8.36. The molecule has 24 heavy (non-hydrogen) atoms. The van der Waals surface area contributed by atoms with Crippen molar-refractivity contribution in [3.05, 3.63) is 41.6 Å². The van der Waals surface area contributed by atoms with Crippen LogP contribution in [-0.4, -0.2) is 36.8 Å². The maximum Gasteiger partial charge on any atom is 0.307 e. The van der Waals surface area contributed by atoms with E-state index in [1.165, 1.54) is 12.7 Å². The second-order valence-corrected chi connectivity index (χ2v) is 6.52. The molecule has 1 atom stereocenters. The van der Waals surface area contributed by atoms with Gasteiger partial charge in [-0.2, -0.15) is 0 Å². The third kappa shape index (κ3) is 3.91. The maximum atomic E-state index is 11.8. The van der Waals surface area contributed by atoms with Crippen molar-refractivity contribution >= 4 is 16.9 Å². The molecule has 0 unspecified atom stereocenters. The molecule has 1 fully saturated rings. The summed E-state index contributed by atoms with van der Waals surface area (Å²) in [4.78, 5) is 16.3. The number of nitrogens with zero attached hydrogens (tertiary/aromatic N) is 1. The Morgan fingerprint density at radius 2 is 2.25 bits per heavy atom. The van der Waals surface area contributed by atoms with Crippen molar-refractivity contribution in [2.75, 3.05) is 20.3 Å². The second kappa shape index (κ2) is 7.28. The molecular weight excluding hydrogens is 304 g/mol. The summed E-state index contributed by atoms with van der Waals surface area (Å²) in [5.74, 6) is -0.203. The predicted molar refractivity (Wildman–Crippen MR) is 92.7 cm³/mol. The summed E-state index contributed by atoms with van der Waals surface area (Å²) in [7, 11) is 1.43. The predicted octanol–water partition coefficient (Wildman–Crippen LogP) is 2.75. The van der Waals surface area contributed by atoms with Crippen LogP contribution in [0.15, 0.2) is 30.3 Å². The van der Waals surface area contributed by atoms with Crippen molar-refractivity contribution in [2.45, 2.75) is 38.3 Å². The van der Waals surface area contributed by atoms with Gasteiger partial charge in [0.15, 0.2) is 0 Å². The van der Waals surface area contributed by atoms with E-state index >= 15 is 0 Å². The first-order chi connectivity index (χ1) is 11.6. The standard InChI is InChI=1S/C19H24N2O3/c1-14-4-6-16-10-15(5-7-17(16)21-14)12-20-19(11-18(22)23-2)8-3-9-24-13-19/h4-7,10,20H,3,8-9,11-13H2,1-2H3/t19-/m0/s1. The zero-order chi connectivity index (χ0) is 17.0. The Kier molecular flexibility index (Phi) is 5.11. The van der Waals surface area contributed by atoms with Gasteiger partial charge in [0.2, 0.25) is 0 Å². The van der Waals surface area contributed by atoms with Gasteiger partial charge in [0, 0.05) is 24.2 Å². The minimum absolute atomic E-state index is 0.203. The summed E-state index contributed by atoms with van der Waals surface area (Å²) in [6, 6.07) is 10.4. The van der Waals surface area contributed by atoms with E-state index in [9.17, 15) is 4.79 Å². The number of fused-ring (bicyclic) bond motifs is 1. The molecule has 1 aromatic carbocycles. The van der Waals surface area contributed by atoms with Crippen molar-refractivity contribution in [1.29, 1.82) is 0 Å². The van der Waals surface area contributed by atoms with Gasteiger partial charge in [0.05, 0.1) is 31.2 Å². The van der Waals surface area contributed by atoms with Gasteiger partial charge in [0.1, 0.15) is 0 Å². The summed E-state index contributed by atoms with van der Waals surface area (Å²) in [6.07, 6.45) is 2.19. The third-order valence-electron chi connectivity index (χ3n) is 4.59. The van der Waals surface area contributed by atoms with E-state index in [-0.39, 0.29) is 11.5 Å². The molecule has 2 heterocycles. The van der Waals surface area contributed by atoms with E-state index in [0.29, 0.717) is 19.6 Å². The molecule has 1 aliphatic rings. The van der Waals surface area contributed by atoms with Crippen LogP contribution >= 0.6 is 0 Å². The number of esters is 1. The fourth-order valence-corrected chi connectivity index (χ4v) is 3.22. The minimum Gasteiger partial charge on any atom is -0.469 e. The van der Waals surface area contributed by atoms with Gasteiger partial charge in [-0.3, -0.25) is 9.78 Å². The Balaban J connectivity index is 1.74. The van der Waals surface area contributed by atoms with E-state index < -0.39 is 0 Å². The number of hydrogen-bond acceptors (Lipinski definition) is 5. The number of rotatable bonds is 5. The molecule has 0 saturated carbocycles. The molecule has 128 valence electrons. The highest BCUT2D eigenvalue weighted by atomic mass is 16.5. The fraction of sp³-hybridized carbons (Fsp3) is 0.474. The maximum absolute atomic E-state index is 11.8. The van der Waals surface area contributed by atoms with Crippen molar-refractivity contribution in [3.8, 4) is 0 Å². The van der Waals surface area contributed by atoms with Crippen molar-refractivity contribution in [2.24, 2.45) is 0 Å². The molecule has 1 aromatic heterocycles. The quantitative estimate of drug-likeness (QED) is 0.855. The average Bonchev–Trinajstić information content (AvgIpc) is 2.60. The number of ether oxygens (including phenoxy) is 2. The van der Waals surface area contributed by atoms with Gasteiger partial charge < -0.3 is 14.8 Å². The molecule has 1 saturated heterocycles. The monoisotopic (exact) mass is 328 g/mol. The molecule has 1 aliphatic heterocycles. The lowest BCUT2D eigenvalue weighted by Gasteiger charge is -2.37. The van der Waals surface area contributed by atoms with Crippen LogP contribution in [0.5, 0.6) is 0 Å². The van der Waals surface area contributed by atoms with E-state index in [4.69, 9.17) is 9.47 Å². The summed E-state index contributed by atoms with van der Waals surface area (Å²) >= 11 is 0. The number of nitrogens with one attached hydrogen (secondary N) is 1. The second-order valence-electron chi connectivity index (χ2n) is 6.52. The number of pyridine rings is 1. The van der Waals surface area contributed by atoms with Crippen LogP contribution in [0.4, 0.5) is 0 Å². The SMILES string of the molecule is COC(=O)C[C@@]1(NCc2ccc3nc(C)ccc3c2)CCCOC1. The van der Waals surface area contributed by atoms with Crippen LogP contribution in [0.1, 0.15) is 30.5 Å². The number of carbonyl (C=O) groups is 1. The van der Waals surface area contributed by atoms with Gasteiger partial charge in [-0.15, -0.1) is 0 Å². The molecular formula is C19H24N2O3. The Bertz CT molecular complexity index is 724. The molecule has 5 nitrogen and oxygen atoms in total. The Hall–Kier alpha value is -1.98. The Morgan fingerprint density at radius 1 is 1.38 bits per heavy atom. The summed E-state index contributed by atoms with van der Waals surface area (Å²) in [6.45, 7) is 3.97. The lowest BCUT2D eigenvalue weighted by atomic mass is 9.88. The lowest BCUT2D eigenvalue weighted by Crippen LogP contribution is -2.52. The fourth-order valence-electron chi connectivity index (χ4n) is 3.22. The normalized spacial score (nSPS) is 20.9. The summed E-state index contributed by atoms with van der Waals surface area (Å²) < 4.78 is 10.5. The highest BCUT2D eigenvalue weighted by Crippen LogP contribution is 2.24. The van der Waals surface area contributed by atoms with Crippen molar-refractivity contribution < 1.29 is 14.3 Å². The smallest absolute Gasteiger partial charge is 0.307 e. The van der Waals surface area contributed by atoms with Gasteiger partial charge >= 0.3 is 5.97 Å².